The fourth-order valence-corrected chi connectivity index (χ4v) is 3.66. The van der Waals surface area contributed by atoms with E-state index in [0.717, 1.165) is 63.0 Å². The minimum absolute atomic E-state index is 0. The summed E-state index contributed by atoms with van der Waals surface area (Å²) in [5.41, 5.74) is 1.68. The zero-order valence-electron chi connectivity index (χ0n) is 15.9. The molecule has 0 radical (unpaired) electrons. The molecule has 0 aromatic heterocycles. The molecular formula is C19H31FIN5. The number of rotatable bonds is 4. The summed E-state index contributed by atoms with van der Waals surface area (Å²) in [5, 5.41) is 3.36. The van der Waals surface area contributed by atoms with E-state index in [1.807, 2.05) is 12.1 Å². The van der Waals surface area contributed by atoms with Crippen LogP contribution < -0.4 is 10.2 Å². The predicted octanol–water partition coefficient (Wildman–Crippen LogP) is 2.76. The van der Waals surface area contributed by atoms with Crippen LogP contribution in [0.5, 0.6) is 0 Å². The van der Waals surface area contributed by atoms with Crippen molar-refractivity contribution in [1.82, 2.24) is 15.1 Å². The van der Waals surface area contributed by atoms with Crippen molar-refractivity contribution in [2.45, 2.75) is 26.3 Å². The van der Waals surface area contributed by atoms with E-state index in [4.69, 9.17) is 0 Å². The summed E-state index contributed by atoms with van der Waals surface area (Å²) in [6.07, 6.45) is 2.44. The Hall–Kier alpha value is -1.09. The second kappa shape index (κ2) is 10.3. The molecule has 26 heavy (non-hydrogen) atoms. The molecule has 2 aliphatic rings. The van der Waals surface area contributed by atoms with Crippen LogP contribution in [0.25, 0.3) is 0 Å². The first kappa shape index (κ1) is 21.2. The lowest BCUT2D eigenvalue weighted by atomic mass is 10.1. The number of nitrogens with one attached hydrogen (secondary N) is 1. The topological polar surface area (TPSA) is 34.1 Å². The Labute approximate surface area is 173 Å². The van der Waals surface area contributed by atoms with Crippen LogP contribution in [-0.2, 0) is 6.54 Å². The van der Waals surface area contributed by atoms with Gasteiger partial charge in [0.05, 0.1) is 5.69 Å². The van der Waals surface area contributed by atoms with Gasteiger partial charge in [0.25, 0.3) is 0 Å². The predicted molar refractivity (Wildman–Crippen MR) is 117 cm³/mol. The number of likely N-dealkylation sites (tertiary alicyclic amines) is 1. The van der Waals surface area contributed by atoms with Gasteiger partial charge in [-0.3, -0.25) is 4.99 Å². The summed E-state index contributed by atoms with van der Waals surface area (Å²) in [6.45, 7) is 9.75. The number of likely N-dealkylation sites (N-methyl/N-ethyl adjacent to an activating group) is 1. The zero-order chi connectivity index (χ0) is 17.6. The molecule has 0 atom stereocenters. The largest absolute Gasteiger partial charge is 0.367 e. The Bertz CT molecular complexity index is 596. The van der Waals surface area contributed by atoms with Crippen molar-refractivity contribution >= 4 is 35.6 Å². The highest BCUT2D eigenvalue weighted by Crippen LogP contribution is 2.22. The van der Waals surface area contributed by atoms with Crippen LogP contribution in [0.15, 0.2) is 23.2 Å². The maximum atomic E-state index is 14.6. The van der Waals surface area contributed by atoms with E-state index in [2.05, 4.69) is 31.9 Å². The highest BCUT2D eigenvalue weighted by Gasteiger charge is 2.19. The highest BCUT2D eigenvalue weighted by atomic mass is 127. The van der Waals surface area contributed by atoms with Gasteiger partial charge < -0.3 is 20.0 Å². The lowest BCUT2D eigenvalue weighted by Gasteiger charge is -2.35. The number of benzene rings is 1. The number of hydrogen-bond donors (Lipinski definition) is 1. The number of hydrogen-bond acceptors (Lipinski definition) is 3. The Kier molecular flexibility index (Phi) is 8.40. The van der Waals surface area contributed by atoms with Gasteiger partial charge in [-0.2, -0.15) is 0 Å². The van der Waals surface area contributed by atoms with E-state index >= 15 is 0 Å². The normalized spacial score (nSPS) is 18.8. The number of guanidine groups is 1. The molecule has 0 saturated carbocycles. The van der Waals surface area contributed by atoms with Crippen LogP contribution >= 0.6 is 24.0 Å². The molecule has 1 aromatic rings. The van der Waals surface area contributed by atoms with Crippen molar-refractivity contribution < 1.29 is 4.39 Å². The molecule has 0 amide bonds. The summed E-state index contributed by atoms with van der Waals surface area (Å²) >= 11 is 0. The van der Waals surface area contributed by atoms with Crippen molar-refractivity contribution in [3.05, 3.63) is 29.6 Å². The summed E-state index contributed by atoms with van der Waals surface area (Å²) < 4.78 is 14.6. The fourth-order valence-electron chi connectivity index (χ4n) is 3.66. The molecule has 1 N–H and O–H groups in total. The Morgan fingerprint density at radius 1 is 1.12 bits per heavy atom. The van der Waals surface area contributed by atoms with E-state index in [0.29, 0.717) is 6.54 Å². The van der Waals surface area contributed by atoms with Gasteiger partial charge in [-0.25, -0.2) is 4.39 Å². The van der Waals surface area contributed by atoms with Crippen LogP contribution in [0.2, 0.25) is 0 Å². The fraction of sp³-hybridized carbons (Fsp3) is 0.632. The van der Waals surface area contributed by atoms with Crippen molar-refractivity contribution in [3.8, 4) is 0 Å². The van der Waals surface area contributed by atoms with Gasteiger partial charge in [0, 0.05) is 52.9 Å². The summed E-state index contributed by atoms with van der Waals surface area (Å²) in [6, 6.07) is 5.60. The van der Waals surface area contributed by atoms with Crippen molar-refractivity contribution in [3.63, 3.8) is 0 Å². The van der Waals surface area contributed by atoms with Crippen LogP contribution in [0.4, 0.5) is 10.1 Å². The lowest BCUT2D eigenvalue weighted by Crippen LogP contribution is -2.46. The number of piperazine rings is 1. The standard InChI is InChI=1S/C19H30FN5.HI/c1-3-23-10-12-24(13-11-23)18-7-6-16(14-17(18)20)15-22-19(21-2)25-8-4-5-9-25;/h6-7,14H,3-5,8-13,15H2,1-2H3,(H,21,22);1H. The average molecular weight is 475 g/mol. The molecule has 0 spiro atoms. The maximum absolute atomic E-state index is 14.6. The van der Waals surface area contributed by atoms with Gasteiger partial charge in [-0.1, -0.05) is 13.0 Å². The van der Waals surface area contributed by atoms with Crippen LogP contribution in [0, 0.1) is 5.82 Å². The smallest absolute Gasteiger partial charge is 0.193 e. The molecule has 2 aliphatic heterocycles. The molecule has 7 heteroatoms. The van der Waals surface area contributed by atoms with E-state index < -0.39 is 0 Å². The van der Waals surface area contributed by atoms with E-state index in [9.17, 15) is 4.39 Å². The van der Waals surface area contributed by atoms with Gasteiger partial charge in [-0.05, 0) is 37.1 Å². The maximum Gasteiger partial charge on any atom is 0.193 e. The van der Waals surface area contributed by atoms with Gasteiger partial charge in [-0.15, -0.1) is 24.0 Å². The minimum Gasteiger partial charge on any atom is -0.367 e. The van der Waals surface area contributed by atoms with E-state index in [1.54, 1.807) is 13.1 Å². The molecule has 3 rings (SSSR count). The third-order valence-corrected chi connectivity index (χ3v) is 5.24. The van der Waals surface area contributed by atoms with Crippen LogP contribution in [-0.4, -0.2) is 68.6 Å². The lowest BCUT2D eigenvalue weighted by molar-refractivity contribution is 0.270. The third-order valence-electron chi connectivity index (χ3n) is 5.24. The average Bonchev–Trinajstić information content (AvgIpc) is 3.17. The minimum atomic E-state index is -0.125. The van der Waals surface area contributed by atoms with Crippen molar-refractivity contribution in [2.24, 2.45) is 4.99 Å². The van der Waals surface area contributed by atoms with E-state index in [-0.39, 0.29) is 29.8 Å². The first-order valence-corrected chi connectivity index (χ1v) is 9.42. The van der Waals surface area contributed by atoms with Gasteiger partial charge >= 0.3 is 0 Å². The van der Waals surface area contributed by atoms with Gasteiger partial charge in [0.15, 0.2) is 5.96 Å². The molecule has 5 nitrogen and oxygen atoms in total. The van der Waals surface area contributed by atoms with Gasteiger partial charge in [0.2, 0.25) is 0 Å². The van der Waals surface area contributed by atoms with Gasteiger partial charge in [0.1, 0.15) is 5.82 Å². The molecule has 2 saturated heterocycles. The summed E-state index contributed by atoms with van der Waals surface area (Å²) in [4.78, 5) is 11.2. The first-order chi connectivity index (χ1) is 12.2. The number of halogens is 2. The Balaban J connectivity index is 0.00000243. The van der Waals surface area contributed by atoms with Crippen molar-refractivity contribution in [2.75, 3.05) is 57.8 Å². The molecule has 2 fully saturated rings. The quantitative estimate of drug-likeness (QED) is 0.413. The molecule has 146 valence electrons. The summed E-state index contributed by atoms with van der Waals surface area (Å²) in [7, 11) is 1.81. The Morgan fingerprint density at radius 3 is 2.38 bits per heavy atom. The van der Waals surface area contributed by atoms with E-state index in [1.165, 1.54) is 12.8 Å². The molecule has 0 unspecified atom stereocenters. The molecular weight excluding hydrogens is 444 g/mol. The SMILES string of the molecule is CCN1CCN(c2ccc(CNC(=NC)N3CCCC3)cc2F)CC1.I. The first-order valence-electron chi connectivity index (χ1n) is 9.42. The Morgan fingerprint density at radius 2 is 1.81 bits per heavy atom. The van der Waals surface area contributed by atoms with Crippen LogP contribution in [0.3, 0.4) is 0 Å². The monoisotopic (exact) mass is 475 g/mol. The van der Waals surface area contributed by atoms with Crippen LogP contribution in [0.1, 0.15) is 25.3 Å². The molecule has 0 aliphatic carbocycles. The number of anilines is 1. The molecule has 0 bridgehead atoms. The zero-order valence-corrected chi connectivity index (χ0v) is 18.2. The van der Waals surface area contributed by atoms with Crippen molar-refractivity contribution in [1.29, 1.82) is 0 Å². The number of nitrogens with zero attached hydrogens (tertiary/aromatic N) is 4. The highest BCUT2D eigenvalue weighted by molar-refractivity contribution is 14.0. The third kappa shape index (κ3) is 5.22. The summed E-state index contributed by atoms with van der Waals surface area (Å²) in [5.74, 6) is 0.790. The molecule has 1 aromatic carbocycles. The molecule has 2 heterocycles. The second-order valence-corrected chi connectivity index (χ2v) is 6.80. The second-order valence-electron chi connectivity index (χ2n) is 6.80. The number of aliphatic imine (C=N–C) groups is 1.